The van der Waals surface area contributed by atoms with Crippen LogP contribution >= 0.6 is 7.60 Å². The first-order valence-electron chi connectivity index (χ1n) is 5.01. The molecule has 1 atom stereocenters. The standard InChI is InChI=1S/C8H14N3O6P/c12-6(3-9-5-18(15,16)17)4-11-2-1-7(13)10-8(11)14/h1-2,6,9,12H,3-5H2,(H,10,13,14)(H2,15,16,17). The molecule has 1 rings (SSSR count). The monoisotopic (exact) mass is 279 g/mol. The van der Waals surface area contributed by atoms with Crippen molar-refractivity contribution < 1.29 is 19.5 Å². The molecule has 0 aliphatic heterocycles. The molecule has 1 unspecified atom stereocenters. The van der Waals surface area contributed by atoms with Crippen LogP contribution in [0.5, 0.6) is 0 Å². The Labute approximate surface area is 101 Å². The summed E-state index contributed by atoms with van der Waals surface area (Å²) in [6.07, 6.45) is -0.335. The van der Waals surface area contributed by atoms with E-state index in [1.165, 1.54) is 6.20 Å². The molecule has 0 aliphatic carbocycles. The summed E-state index contributed by atoms with van der Waals surface area (Å²) in [7, 11) is -4.16. The van der Waals surface area contributed by atoms with Crippen molar-refractivity contribution in [2.24, 2.45) is 0 Å². The summed E-state index contributed by atoms with van der Waals surface area (Å²) >= 11 is 0. The van der Waals surface area contributed by atoms with E-state index in [1.54, 1.807) is 0 Å². The molecule has 18 heavy (non-hydrogen) atoms. The van der Waals surface area contributed by atoms with Crippen LogP contribution in [0, 0.1) is 0 Å². The Bertz CT molecular complexity index is 546. The van der Waals surface area contributed by atoms with Gasteiger partial charge in [-0.2, -0.15) is 0 Å². The second-order valence-corrected chi connectivity index (χ2v) is 5.34. The van der Waals surface area contributed by atoms with E-state index in [0.717, 1.165) is 10.6 Å². The molecule has 0 spiro atoms. The molecule has 0 bridgehead atoms. The molecule has 0 radical (unpaired) electrons. The van der Waals surface area contributed by atoms with Crippen LogP contribution in [-0.4, -0.2) is 43.4 Å². The average molecular weight is 279 g/mol. The van der Waals surface area contributed by atoms with Gasteiger partial charge in [0.1, 0.15) is 0 Å². The Kier molecular flexibility index (Phi) is 5.00. The van der Waals surface area contributed by atoms with Crippen molar-refractivity contribution in [1.82, 2.24) is 14.9 Å². The highest BCUT2D eigenvalue weighted by atomic mass is 31.2. The van der Waals surface area contributed by atoms with E-state index >= 15 is 0 Å². The smallest absolute Gasteiger partial charge is 0.339 e. The van der Waals surface area contributed by atoms with Gasteiger partial charge >= 0.3 is 13.3 Å². The topological polar surface area (TPSA) is 145 Å². The lowest BCUT2D eigenvalue weighted by Gasteiger charge is -2.13. The fraction of sp³-hybridized carbons (Fsp3) is 0.500. The number of aliphatic hydroxyl groups excluding tert-OH is 1. The number of aromatic nitrogens is 2. The van der Waals surface area contributed by atoms with Gasteiger partial charge in [-0.05, 0) is 0 Å². The van der Waals surface area contributed by atoms with Gasteiger partial charge in [0.05, 0.1) is 18.9 Å². The van der Waals surface area contributed by atoms with Gasteiger partial charge < -0.3 is 20.2 Å². The highest BCUT2D eigenvalue weighted by Gasteiger charge is 2.13. The van der Waals surface area contributed by atoms with E-state index < -0.39 is 31.2 Å². The van der Waals surface area contributed by atoms with Crippen LogP contribution in [0.2, 0.25) is 0 Å². The summed E-state index contributed by atoms with van der Waals surface area (Å²) in [6.45, 7) is -0.180. The number of nitrogens with one attached hydrogen (secondary N) is 2. The van der Waals surface area contributed by atoms with E-state index in [9.17, 15) is 19.3 Å². The fourth-order valence-electron chi connectivity index (χ4n) is 1.26. The minimum atomic E-state index is -4.16. The lowest BCUT2D eigenvalue weighted by Crippen LogP contribution is -2.36. The molecule has 1 heterocycles. The first-order chi connectivity index (χ1) is 8.28. The third kappa shape index (κ3) is 5.39. The van der Waals surface area contributed by atoms with Gasteiger partial charge in [-0.25, -0.2) is 4.79 Å². The number of nitrogens with zero attached hydrogens (tertiary/aromatic N) is 1. The largest absolute Gasteiger partial charge is 0.390 e. The summed E-state index contributed by atoms with van der Waals surface area (Å²) in [6, 6.07) is 1.14. The number of hydrogen-bond donors (Lipinski definition) is 5. The Morgan fingerprint density at radius 1 is 1.44 bits per heavy atom. The van der Waals surface area contributed by atoms with Crippen molar-refractivity contribution in [2.75, 3.05) is 12.8 Å². The second-order valence-electron chi connectivity index (χ2n) is 3.69. The van der Waals surface area contributed by atoms with Gasteiger partial charge in [-0.3, -0.25) is 18.9 Å². The van der Waals surface area contributed by atoms with Gasteiger partial charge in [0.25, 0.3) is 5.56 Å². The van der Waals surface area contributed by atoms with Crippen molar-refractivity contribution in [3.05, 3.63) is 33.1 Å². The number of aliphatic hydroxyl groups is 1. The first kappa shape index (κ1) is 14.8. The maximum Gasteiger partial charge on any atom is 0.339 e. The summed E-state index contributed by atoms with van der Waals surface area (Å²) in [4.78, 5) is 41.2. The summed E-state index contributed by atoms with van der Waals surface area (Å²) in [5.41, 5.74) is -1.19. The van der Waals surface area contributed by atoms with Crippen molar-refractivity contribution >= 4 is 7.60 Å². The van der Waals surface area contributed by atoms with Crippen LogP contribution in [-0.2, 0) is 11.1 Å². The molecule has 1 aromatic heterocycles. The van der Waals surface area contributed by atoms with E-state index in [0.29, 0.717) is 0 Å². The fourth-order valence-corrected chi connectivity index (χ4v) is 1.68. The number of aromatic amines is 1. The Morgan fingerprint density at radius 3 is 2.67 bits per heavy atom. The van der Waals surface area contributed by atoms with Crippen LogP contribution in [0.15, 0.2) is 21.9 Å². The van der Waals surface area contributed by atoms with E-state index in [-0.39, 0.29) is 13.1 Å². The van der Waals surface area contributed by atoms with Crippen LogP contribution in [0.25, 0.3) is 0 Å². The first-order valence-corrected chi connectivity index (χ1v) is 6.81. The van der Waals surface area contributed by atoms with Gasteiger partial charge in [0.2, 0.25) is 0 Å². The zero-order chi connectivity index (χ0) is 13.8. The molecule has 9 nitrogen and oxygen atoms in total. The van der Waals surface area contributed by atoms with Crippen molar-refractivity contribution in [2.45, 2.75) is 12.6 Å². The van der Waals surface area contributed by atoms with Crippen LogP contribution in [0.3, 0.4) is 0 Å². The molecule has 10 heteroatoms. The number of rotatable bonds is 6. The quantitative estimate of drug-likeness (QED) is 0.366. The third-order valence-electron chi connectivity index (χ3n) is 2.00. The third-order valence-corrected chi connectivity index (χ3v) is 2.64. The maximum atomic E-state index is 11.3. The molecule has 5 N–H and O–H groups in total. The Hall–Kier alpha value is -1.25. The van der Waals surface area contributed by atoms with E-state index in [4.69, 9.17) is 9.79 Å². The maximum absolute atomic E-state index is 11.3. The second kappa shape index (κ2) is 6.07. The van der Waals surface area contributed by atoms with Crippen LogP contribution in [0.4, 0.5) is 0 Å². The van der Waals surface area contributed by atoms with Gasteiger partial charge in [0, 0.05) is 18.8 Å². The molecule has 0 aliphatic rings. The summed E-state index contributed by atoms with van der Waals surface area (Å²) in [5, 5.41) is 11.9. The zero-order valence-electron chi connectivity index (χ0n) is 9.31. The van der Waals surface area contributed by atoms with Crippen LogP contribution < -0.4 is 16.6 Å². The molecule has 0 fully saturated rings. The predicted molar refractivity (Wildman–Crippen MR) is 62.2 cm³/mol. The highest BCUT2D eigenvalue weighted by Crippen LogP contribution is 2.31. The SMILES string of the molecule is O=c1ccn(CC(O)CNCP(=O)(O)O)c(=O)[nH]1. The minimum Gasteiger partial charge on any atom is -0.390 e. The number of H-pyrrole nitrogens is 1. The Balaban J connectivity index is 2.50. The van der Waals surface area contributed by atoms with E-state index in [1.807, 2.05) is 4.98 Å². The Morgan fingerprint density at radius 2 is 2.11 bits per heavy atom. The van der Waals surface area contributed by atoms with Gasteiger partial charge in [0.15, 0.2) is 0 Å². The molecule has 0 aromatic carbocycles. The summed E-state index contributed by atoms with van der Waals surface area (Å²) in [5.74, 6) is 0. The van der Waals surface area contributed by atoms with Crippen molar-refractivity contribution in [3.63, 3.8) is 0 Å². The van der Waals surface area contributed by atoms with Crippen LogP contribution in [0.1, 0.15) is 0 Å². The molecule has 1 aromatic rings. The highest BCUT2D eigenvalue weighted by molar-refractivity contribution is 7.51. The molecular formula is C8H14N3O6P. The summed E-state index contributed by atoms with van der Waals surface area (Å²) < 4.78 is 11.6. The molecule has 0 saturated carbocycles. The van der Waals surface area contributed by atoms with Gasteiger partial charge in [-0.1, -0.05) is 0 Å². The lowest BCUT2D eigenvalue weighted by atomic mass is 10.3. The molecule has 0 saturated heterocycles. The molecule has 102 valence electrons. The average Bonchev–Trinajstić information content (AvgIpc) is 2.20. The normalized spacial score (nSPS) is 13.5. The number of hydrogen-bond acceptors (Lipinski definition) is 5. The lowest BCUT2D eigenvalue weighted by molar-refractivity contribution is 0.151. The van der Waals surface area contributed by atoms with Crippen molar-refractivity contribution in [1.29, 1.82) is 0 Å². The predicted octanol–water partition coefficient (Wildman–Crippen LogP) is -2.38. The van der Waals surface area contributed by atoms with Gasteiger partial charge in [-0.15, -0.1) is 0 Å². The van der Waals surface area contributed by atoms with Crippen molar-refractivity contribution in [3.8, 4) is 0 Å². The van der Waals surface area contributed by atoms with E-state index in [2.05, 4.69) is 5.32 Å². The zero-order valence-corrected chi connectivity index (χ0v) is 10.2. The molecular weight excluding hydrogens is 265 g/mol. The minimum absolute atomic E-state index is 0.0866. The molecule has 0 amide bonds.